The maximum Gasteiger partial charge on any atom is 0.271 e. The van der Waals surface area contributed by atoms with E-state index in [0.717, 1.165) is 23.5 Å². The van der Waals surface area contributed by atoms with E-state index in [1.807, 2.05) is 0 Å². The molecule has 2 aromatic rings. The number of nitrogens with two attached hydrogens (primary N) is 1. The lowest BCUT2D eigenvalue weighted by molar-refractivity contribution is 0.603. The summed E-state index contributed by atoms with van der Waals surface area (Å²) in [5.74, 6) is -0.540. The van der Waals surface area contributed by atoms with Gasteiger partial charge in [0.2, 0.25) is 0 Å². The van der Waals surface area contributed by atoms with Crippen LogP contribution < -0.4 is 10.5 Å². The lowest BCUT2D eigenvalue weighted by Gasteiger charge is -2.10. The number of nitrogens with one attached hydrogen (secondary N) is 1. The minimum atomic E-state index is -3.71. The molecule has 8 heteroatoms. The van der Waals surface area contributed by atoms with E-state index in [0.29, 0.717) is 0 Å². The average molecular weight is 316 g/mol. The Morgan fingerprint density at radius 2 is 2.11 bits per heavy atom. The summed E-state index contributed by atoms with van der Waals surface area (Å²) in [6.45, 7) is 0. The molecule has 0 amide bonds. The van der Waals surface area contributed by atoms with Gasteiger partial charge in [0, 0.05) is 5.56 Å². The van der Waals surface area contributed by atoms with E-state index in [1.54, 1.807) is 11.4 Å². The topological polar surface area (TPSA) is 72.2 Å². The summed E-state index contributed by atoms with van der Waals surface area (Å²) >= 11 is 5.86. The Bertz CT molecular complexity index is 712. The van der Waals surface area contributed by atoms with E-state index < -0.39 is 15.8 Å². The number of anilines is 1. The molecule has 0 fully saturated rings. The number of benzene rings is 1. The molecule has 0 saturated carbocycles. The fourth-order valence-electron chi connectivity index (χ4n) is 1.42. The van der Waals surface area contributed by atoms with Crippen molar-refractivity contribution in [3.05, 3.63) is 47.1 Å². The molecule has 0 unspecified atom stereocenters. The number of rotatable bonds is 4. The number of sulfonamides is 1. The number of halogens is 1. The van der Waals surface area contributed by atoms with Crippen molar-refractivity contribution in [1.82, 2.24) is 0 Å². The Kier molecular flexibility index (Phi) is 3.83. The third-order valence-corrected chi connectivity index (χ3v) is 5.23. The van der Waals surface area contributed by atoms with Gasteiger partial charge >= 0.3 is 0 Å². The normalized spacial score (nSPS) is 11.2. The molecule has 1 aromatic heterocycles. The standard InChI is InChI=1S/C11H9FN2O2S3/c12-7-3-4-9(8(6-7)11(13)17)14-19(15,16)10-2-1-5-18-10/h1-6,14H,(H2,13,17). The summed E-state index contributed by atoms with van der Waals surface area (Å²) in [7, 11) is -3.71. The van der Waals surface area contributed by atoms with E-state index in [9.17, 15) is 12.8 Å². The van der Waals surface area contributed by atoms with Crippen molar-refractivity contribution >= 4 is 44.3 Å². The molecular weight excluding hydrogens is 307 g/mol. The molecule has 0 aliphatic carbocycles. The molecule has 0 bridgehead atoms. The molecule has 0 aliphatic heterocycles. The minimum absolute atomic E-state index is 0.0802. The van der Waals surface area contributed by atoms with Crippen LogP contribution in [0.2, 0.25) is 0 Å². The van der Waals surface area contributed by atoms with Crippen LogP contribution in [0.15, 0.2) is 39.9 Å². The smallest absolute Gasteiger partial charge is 0.271 e. The Labute approximate surface area is 119 Å². The zero-order valence-electron chi connectivity index (χ0n) is 9.46. The average Bonchev–Trinajstić information content (AvgIpc) is 2.85. The fraction of sp³-hybridized carbons (Fsp3) is 0. The van der Waals surface area contributed by atoms with Crippen molar-refractivity contribution in [3.63, 3.8) is 0 Å². The van der Waals surface area contributed by atoms with Crippen LogP contribution in [-0.2, 0) is 10.0 Å². The van der Waals surface area contributed by atoms with Gasteiger partial charge in [-0.15, -0.1) is 11.3 Å². The van der Waals surface area contributed by atoms with Gasteiger partial charge in [0.25, 0.3) is 10.0 Å². The van der Waals surface area contributed by atoms with Gasteiger partial charge in [-0.25, -0.2) is 12.8 Å². The molecular formula is C11H9FN2O2S3. The summed E-state index contributed by atoms with van der Waals surface area (Å²) in [5, 5.41) is 1.65. The maximum absolute atomic E-state index is 13.1. The van der Waals surface area contributed by atoms with Crippen molar-refractivity contribution in [2.45, 2.75) is 4.21 Å². The molecule has 0 spiro atoms. The maximum atomic E-state index is 13.1. The second-order valence-corrected chi connectivity index (χ2v) is 6.89. The van der Waals surface area contributed by atoms with E-state index in [1.165, 1.54) is 12.1 Å². The molecule has 100 valence electrons. The van der Waals surface area contributed by atoms with E-state index in [2.05, 4.69) is 4.72 Å². The van der Waals surface area contributed by atoms with Crippen LogP contribution >= 0.6 is 23.6 Å². The number of hydrogen-bond acceptors (Lipinski definition) is 4. The summed E-state index contributed by atoms with van der Waals surface area (Å²) < 4.78 is 39.7. The van der Waals surface area contributed by atoms with Gasteiger partial charge in [-0.3, -0.25) is 4.72 Å². The van der Waals surface area contributed by atoms with Gasteiger partial charge in [0.1, 0.15) is 15.0 Å². The van der Waals surface area contributed by atoms with Gasteiger partial charge < -0.3 is 5.73 Å². The SMILES string of the molecule is NC(=S)c1cc(F)ccc1NS(=O)(=O)c1cccs1. The third-order valence-electron chi connectivity index (χ3n) is 2.25. The first-order valence-electron chi connectivity index (χ1n) is 5.06. The highest BCUT2D eigenvalue weighted by atomic mass is 32.2. The largest absolute Gasteiger partial charge is 0.389 e. The van der Waals surface area contributed by atoms with Crippen molar-refractivity contribution in [1.29, 1.82) is 0 Å². The van der Waals surface area contributed by atoms with Crippen LogP contribution in [0.4, 0.5) is 10.1 Å². The van der Waals surface area contributed by atoms with Gasteiger partial charge in [-0.05, 0) is 29.6 Å². The highest BCUT2D eigenvalue weighted by Crippen LogP contribution is 2.23. The highest BCUT2D eigenvalue weighted by Gasteiger charge is 2.18. The Morgan fingerprint density at radius 1 is 1.37 bits per heavy atom. The summed E-state index contributed by atoms with van der Waals surface area (Å²) in [6.07, 6.45) is 0. The van der Waals surface area contributed by atoms with E-state index in [-0.39, 0.29) is 20.4 Å². The van der Waals surface area contributed by atoms with Crippen molar-refractivity contribution < 1.29 is 12.8 Å². The number of thiocarbonyl (C=S) groups is 1. The van der Waals surface area contributed by atoms with Crippen molar-refractivity contribution in [2.75, 3.05) is 4.72 Å². The molecule has 0 radical (unpaired) electrons. The monoisotopic (exact) mass is 316 g/mol. The third kappa shape index (κ3) is 3.09. The predicted molar refractivity (Wildman–Crippen MR) is 77.4 cm³/mol. The summed E-state index contributed by atoms with van der Waals surface area (Å²) in [5.41, 5.74) is 5.76. The second-order valence-electron chi connectivity index (χ2n) is 3.59. The van der Waals surface area contributed by atoms with Gasteiger partial charge in [0.15, 0.2) is 0 Å². The van der Waals surface area contributed by atoms with Crippen LogP contribution in [0.1, 0.15) is 5.56 Å². The zero-order chi connectivity index (χ0) is 14.0. The van der Waals surface area contributed by atoms with Crippen LogP contribution in [0.3, 0.4) is 0 Å². The van der Waals surface area contributed by atoms with Gasteiger partial charge in [-0.2, -0.15) is 0 Å². The minimum Gasteiger partial charge on any atom is -0.389 e. The quantitative estimate of drug-likeness (QED) is 0.849. The Hall–Kier alpha value is -1.51. The lowest BCUT2D eigenvalue weighted by Crippen LogP contribution is -2.17. The molecule has 0 aliphatic rings. The zero-order valence-corrected chi connectivity index (χ0v) is 11.9. The first kappa shape index (κ1) is 13.9. The summed E-state index contributed by atoms with van der Waals surface area (Å²) in [4.78, 5) is -0.0802. The molecule has 2 rings (SSSR count). The first-order chi connectivity index (χ1) is 8.90. The Morgan fingerprint density at radius 3 is 2.68 bits per heavy atom. The van der Waals surface area contributed by atoms with E-state index >= 15 is 0 Å². The number of thiophene rings is 1. The first-order valence-corrected chi connectivity index (χ1v) is 7.83. The van der Waals surface area contributed by atoms with Crippen molar-refractivity contribution in [3.8, 4) is 0 Å². The van der Waals surface area contributed by atoms with Crippen LogP contribution in [0.5, 0.6) is 0 Å². The van der Waals surface area contributed by atoms with Gasteiger partial charge in [-0.1, -0.05) is 18.3 Å². The van der Waals surface area contributed by atoms with Crippen LogP contribution in [0, 0.1) is 5.82 Å². The lowest BCUT2D eigenvalue weighted by atomic mass is 10.2. The molecule has 3 N–H and O–H groups in total. The van der Waals surface area contributed by atoms with Crippen LogP contribution in [-0.4, -0.2) is 13.4 Å². The molecule has 0 saturated heterocycles. The Balaban J connectivity index is 2.42. The van der Waals surface area contributed by atoms with E-state index in [4.69, 9.17) is 18.0 Å². The van der Waals surface area contributed by atoms with Gasteiger partial charge in [0.05, 0.1) is 5.69 Å². The molecule has 1 heterocycles. The fourth-order valence-corrected chi connectivity index (χ4v) is 3.66. The van der Waals surface area contributed by atoms with Crippen molar-refractivity contribution in [2.24, 2.45) is 5.73 Å². The number of hydrogen-bond donors (Lipinski definition) is 2. The second kappa shape index (κ2) is 5.24. The molecule has 19 heavy (non-hydrogen) atoms. The predicted octanol–water partition coefficient (Wildman–Crippen LogP) is 2.32. The van der Waals surface area contributed by atoms with Crippen LogP contribution in [0.25, 0.3) is 0 Å². The highest BCUT2D eigenvalue weighted by molar-refractivity contribution is 7.94. The molecule has 1 aromatic carbocycles. The molecule has 4 nitrogen and oxygen atoms in total. The summed E-state index contributed by atoms with van der Waals surface area (Å²) in [6, 6.07) is 6.60. The molecule has 0 atom stereocenters.